The predicted octanol–water partition coefficient (Wildman–Crippen LogP) is 1.50. The first-order chi connectivity index (χ1) is 6.15. The van der Waals surface area contributed by atoms with Crippen molar-refractivity contribution in [3.05, 3.63) is 23.7 Å². The van der Waals surface area contributed by atoms with Crippen LogP contribution in [-0.4, -0.2) is 16.9 Å². The van der Waals surface area contributed by atoms with Gasteiger partial charge in [-0.15, -0.1) is 0 Å². The van der Waals surface area contributed by atoms with E-state index in [2.05, 4.69) is 0 Å². The predicted molar refractivity (Wildman–Crippen MR) is 44.7 cm³/mol. The number of carbonyl (C=O) groups excluding carboxylic acids is 1. The fourth-order valence-corrected chi connectivity index (χ4v) is 1.10. The van der Waals surface area contributed by atoms with Crippen molar-refractivity contribution in [1.82, 2.24) is 0 Å². The highest BCUT2D eigenvalue weighted by atomic mass is 16.4. The van der Waals surface area contributed by atoms with Crippen molar-refractivity contribution in [2.24, 2.45) is 0 Å². The Bertz CT molecular complexity index is 324. The van der Waals surface area contributed by atoms with Gasteiger partial charge in [0.15, 0.2) is 5.78 Å². The van der Waals surface area contributed by atoms with Crippen LogP contribution in [0.25, 0.3) is 0 Å². The zero-order valence-electron chi connectivity index (χ0n) is 7.24. The molecule has 1 heterocycles. The van der Waals surface area contributed by atoms with Gasteiger partial charge in [0, 0.05) is 6.42 Å². The van der Waals surface area contributed by atoms with Crippen LogP contribution in [0.2, 0.25) is 0 Å². The SMILES string of the molecule is CCc1occc1C(=O)CC(=O)O. The number of carboxylic acid groups (broad SMARTS) is 1. The third kappa shape index (κ3) is 2.18. The Morgan fingerprint density at radius 2 is 2.23 bits per heavy atom. The Hall–Kier alpha value is -1.58. The molecular weight excluding hydrogens is 172 g/mol. The fraction of sp³-hybridized carbons (Fsp3) is 0.333. The monoisotopic (exact) mass is 182 g/mol. The summed E-state index contributed by atoms with van der Waals surface area (Å²) >= 11 is 0. The van der Waals surface area contributed by atoms with Gasteiger partial charge in [-0.25, -0.2) is 0 Å². The van der Waals surface area contributed by atoms with E-state index in [0.29, 0.717) is 17.7 Å². The van der Waals surface area contributed by atoms with Crippen molar-refractivity contribution < 1.29 is 19.1 Å². The molecule has 0 bridgehead atoms. The van der Waals surface area contributed by atoms with Gasteiger partial charge in [0.1, 0.15) is 12.2 Å². The Morgan fingerprint density at radius 3 is 2.77 bits per heavy atom. The molecule has 13 heavy (non-hydrogen) atoms. The average Bonchev–Trinajstić information content (AvgIpc) is 2.49. The van der Waals surface area contributed by atoms with E-state index < -0.39 is 18.2 Å². The second-order valence-electron chi connectivity index (χ2n) is 2.60. The molecule has 1 aromatic heterocycles. The maximum absolute atomic E-state index is 11.3. The van der Waals surface area contributed by atoms with Gasteiger partial charge in [-0.2, -0.15) is 0 Å². The van der Waals surface area contributed by atoms with E-state index in [-0.39, 0.29) is 0 Å². The number of Topliss-reactive ketones (excluding diaryl/α,β-unsaturated/α-hetero) is 1. The van der Waals surface area contributed by atoms with E-state index in [0.717, 1.165) is 0 Å². The van der Waals surface area contributed by atoms with Crippen LogP contribution in [0.3, 0.4) is 0 Å². The minimum absolute atomic E-state index is 0.380. The second kappa shape index (κ2) is 3.89. The molecule has 1 rings (SSSR count). The zero-order valence-corrected chi connectivity index (χ0v) is 7.24. The third-order valence-electron chi connectivity index (χ3n) is 1.68. The van der Waals surface area contributed by atoms with Gasteiger partial charge >= 0.3 is 5.97 Å². The van der Waals surface area contributed by atoms with E-state index in [4.69, 9.17) is 9.52 Å². The summed E-state index contributed by atoms with van der Waals surface area (Å²) < 4.78 is 5.00. The molecule has 4 nitrogen and oxygen atoms in total. The first kappa shape index (κ1) is 9.51. The molecule has 0 saturated heterocycles. The summed E-state index contributed by atoms with van der Waals surface area (Å²) in [5.41, 5.74) is 0.380. The lowest BCUT2D eigenvalue weighted by atomic mass is 10.1. The van der Waals surface area contributed by atoms with Crippen LogP contribution in [0.5, 0.6) is 0 Å². The summed E-state index contributed by atoms with van der Waals surface area (Å²) in [6, 6.07) is 1.50. The Kier molecular flexibility index (Phi) is 2.84. The molecule has 70 valence electrons. The van der Waals surface area contributed by atoms with Gasteiger partial charge in [0.2, 0.25) is 0 Å². The Balaban J connectivity index is 2.82. The molecule has 0 atom stereocenters. The van der Waals surface area contributed by atoms with E-state index >= 15 is 0 Å². The Labute approximate surface area is 75.2 Å². The van der Waals surface area contributed by atoms with Crippen LogP contribution < -0.4 is 0 Å². The molecule has 4 heteroatoms. The fourth-order valence-electron chi connectivity index (χ4n) is 1.10. The lowest BCUT2D eigenvalue weighted by molar-refractivity contribution is -0.135. The van der Waals surface area contributed by atoms with E-state index in [1.165, 1.54) is 12.3 Å². The largest absolute Gasteiger partial charge is 0.481 e. The van der Waals surface area contributed by atoms with Crippen LogP contribution in [0, 0.1) is 0 Å². The molecule has 0 spiro atoms. The summed E-state index contributed by atoms with van der Waals surface area (Å²) in [7, 11) is 0. The highest BCUT2D eigenvalue weighted by Gasteiger charge is 2.15. The molecule has 1 N–H and O–H groups in total. The molecule has 1 aromatic rings. The van der Waals surface area contributed by atoms with Gasteiger partial charge in [-0.05, 0) is 6.07 Å². The quantitative estimate of drug-likeness (QED) is 0.566. The Morgan fingerprint density at radius 1 is 1.54 bits per heavy atom. The molecule has 0 unspecified atom stereocenters. The number of rotatable bonds is 4. The van der Waals surface area contributed by atoms with Gasteiger partial charge in [0.25, 0.3) is 0 Å². The highest BCUT2D eigenvalue weighted by Crippen LogP contribution is 2.13. The number of hydrogen-bond acceptors (Lipinski definition) is 3. The lowest BCUT2D eigenvalue weighted by Crippen LogP contribution is -2.07. The molecule has 0 amide bonds. The summed E-state index contributed by atoms with van der Waals surface area (Å²) in [5.74, 6) is -0.974. The topological polar surface area (TPSA) is 67.5 Å². The minimum atomic E-state index is -1.12. The zero-order chi connectivity index (χ0) is 9.84. The first-order valence-electron chi connectivity index (χ1n) is 3.96. The number of aliphatic carboxylic acids is 1. The standard InChI is InChI=1S/C9H10O4/c1-2-8-6(3-4-13-8)7(10)5-9(11)12/h3-4H,2,5H2,1H3,(H,11,12). The molecule has 0 aliphatic carbocycles. The van der Waals surface area contributed by atoms with E-state index in [9.17, 15) is 9.59 Å². The average molecular weight is 182 g/mol. The van der Waals surface area contributed by atoms with Crippen LogP contribution in [0.4, 0.5) is 0 Å². The van der Waals surface area contributed by atoms with Crippen LogP contribution in [0.15, 0.2) is 16.7 Å². The van der Waals surface area contributed by atoms with Crippen molar-refractivity contribution in [3.63, 3.8) is 0 Å². The van der Waals surface area contributed by atoms with Crippen molar-refractivity contribution in [3.8, 4) is 0 Å². The van der Waals surface area contributed by atoms with Crippen molar-refractivity contribution in [2.75, 3.05) is 0 Å². The van der Waals surface area contributed by atoms with Crippen LogP contribution in [0.1, 0.15) is 29.5 Å². The van der Waals surface area contributed by atoms with E-state index in [1.54, 1.807) is 0 Å². The van der Waals surface area contributed by atoms with Gasteiger partial charge < -0.3 is 9.52 Å². The van der Waals surface area contributed by atoms with Gasteiger partial charge in [0.05, 0.1) is 11.8 Å². The van der Waals surface area contributed by atoms with Crippen LogP contribution in [-0.2, 0) is 11.2 Å². The molecule has 0 radical (unpaired) electrons. The van der Waals surface area contributed by atoms with Crippen LogP contribution >= 0.6 is 0 Å². The summed E-state index contributed by atoms with van der Waals surface area (Å²) in [6.07, 6.45) is 1.51. The molecule has 0 aromatic carbocycles. The molecule has 0 aliphatic heterocycles. The number of hydrogen-bond donors (Lipinski definition) is 1. The van der Waals surface area contributed by atoms with Crippen molar-refractivity contribution >= 4 is 11.8 Å². The van der Waals surface area contributed by atoms with Crippen molar-refractivity contribution in [2.45, 2.75) is 19.8 Å². The maximum Gasteiger partial charge on any atom is 0.311 e. The maximum atomic E-state index is 11.3. The summed E-state index contributed by atoms with van der Waals surface area (Å²) in [6.45, 7) is 1.84. The number of furan rings is 1. The highest BCUT2D eigenvalue weighted by molar-refractivity contribution is 6.06. The lowest BCUT2D eigenvalue weighted by Gasteiger charge is -1.95. The summed E-state index contributed by atoms with van der Waals surface area (Å²) in [4.78, 5) is 21.5. The molecular formula is C9H10O4. The van der Waals surface area contributed by atoms with Crippen molar-refractivity contribution in [1.29, 1.82) is 0 Å². The van der Waals surface area contributed by atoms with Gasteiger partial charge in [-0.3, -0.25) is 9.59 Å². The minimum Gasteiger partial charge on any atom is -0.481 e. The normalized spacial score (nSPS) is 9.92. The molecule has 0 saturated carbocycles. The number of ketones is 1. The van der Waals surface area contributed by atoms with E-state index in [1.807, 2.05) is 6.92 Å². The molecule has 0 aliphatic rings. The number of carbonyl (C=O) groups is 2. The molecule has 0 fully saturated rings. The van der Waals surface area contributed by atoms with Gasteiger partial charge in [-0.1, -0.05) is 6.92 Å². The number of carboxylic acids is 1. The summed E-state index contributed by atoms with van der Waals surface area (Å²) in [5, 5.41) is 8.39. The second-order valence-corrected chi connectivity index (χ2v) is 2.60. The number of aryl methyl sites for hydroxylation is 1. The first-order valence-corrected chi connectivity index (χ1v) is 3.96. The third-order valence-corrected chi connectivity index (χ3v) is 1.68. The smallest absolute Gasteiger partial charge is 0.311 e.